The lowest BCUT2D eigenvalue weighted by Gasteiger charge is -2.34. The second kappa shape index (κ2) is 7.39. The molecule has 9 heteroatoms. The minimum absolute atomic E-state index is 0. The van der Waals surface area contributed by atoms with E-state index in [4.69, 9.17) is 4.74 Å². The monoisotopic (exact) mass is 331 g/mol. The molecule has 0 aliphatic carbocycles. The SMILES string of the molecule is COC1(C(=O)Nc2cc([N+](=O)[O-])ccc2O)CCNCC1.Cl. The van der Waals surface area contributed by atoms with Crippen LogP contribution in [-0.2, 0) is 9.53 Å². The number of phenolic OH excluding ortho intramolecular Hbond substituents is 1. The molecule has 22 heavy (non-hydrogen) atoms. The highest BCUT2D eigenvalue weighted by Crippen LogP contribution is 2.30. The van der Waals surface area contributed by atoms with Crippen molar-refractivity contribution in [1.29, 1.82) is 0 Å². The zero-order chi connectivity index (χ0) is 15.5. The van der Waals surface area contributed by atoms with E-state index in [9.17, 15) is 20.0 Å². The molecule has 1 aliphatic rings. The van der Waals surface area contributed by atoms with Gasteiger partial charge in [0.15, 0.2) is 0 Å². The fraction of sp³-hybridized carbons (Fsp3) is 0.462. The van der Waals surface area contributed by atoms with Crippen molar-refractivity contribution in [2.75, 3.05) is 25.5 Å². The summed E-state index contributed by atoms with van der Waals surface area (Å²) in [5, 5.41) is 26.1. The number of hydrogen-bond donors (Lipinski definition) is 3. The van der Waals surface area contributed by atoms with Crippen LogP contribution in [0.3, 0.4) is 0 Å². The highest BCUT2D eigenvalue weighted by molar-refractivity contribution is 5.98. The highest BCUT2D eigenvalue weighted by Gasteiger charge is 2.40. The number of aromatic hydroxyl groups is 1. The summed E-state index contributed by atoms with van der Waals surface area (Å²) in [6.07, 6.45) is 0.982. The van der Waals surface area contributed by atoms with Gasteiger partial charge in [-0.2, -0.15) is 0 Å². The van der Waals surface area contributed by atoms with Crippen LogP contribution in [0.5, 0.6) is 5.75 Å². The molecule has 8 nitrogen and oxygen atoms in total. The van der Waals surface area contributed by atoms with Gasteiger partial charge in [0.2, 0.25) is 0 Å². The van der Waals surface area contributed by atoms with Crippen molar-refractivity contribution in [2.24, 2.45) is 0 Å². The number of hydrogen-bond acceptors (Lipinski definition) is 6. The van der Waals surface area contributed by atoms with E-state index in [2.05, 4.69) is 10.6 Å². The van der Waals surface area contributed by atoms with Gasteiger partial charge in [-0.1, -0.05) is 0 Å². The van der Waals surface area contributed by atoms with Gasteiger partial charge < -0.3 is 20.5 Å². The Labute approximate surface area is 133 Å². The number of rotatable bonds is 4. The van der Waals surface area contributed by atoms with Crippen LogP contribution in [0.4, 0.5) is 11.4 Å². The Kier molecular flexibility index (Phi) is 6.10. The van der Waals surface area contributed by atoms with E-state index in [1.165, 1.54) is 19.2 Å². The molecule has 1 fully saturated rings. The lowest BCUT2D eigenvalue weighted by Crippen LogP contribution is -2.51. The molecule has 0 bridgehead atoms. The summed E-state index contributed by atoms with van der Waals surface area (Å²) in [5.41, 5.74) is -1.19. The van der Waals surface area contributed by atoms with E-state index >= 15 is 0 Å². The van der Waals surface area contributed by atoms with Crippen molar-refractivity contribution < 1.29 is 19.6 Å². The molecule has 1 aromatic rings. The maximum Gasteiger partial charge on any atom is 0.271 e. The van der Waals surface area contributed by atoms with Crippen LogP contribution in [0.25, 0.3) is 0 Å². The van der Waals surface area contributed by atoms with Gasteiger partial charge in [-0.15, -0.1) is 12.4 Å². The number of anilines is 1. The Bertz CT molecular complexity index is 561. The Morgan fingerprint density at radius 2 is 2.09 bits per heavy atom. The molecule has 0 unspecified atom stereocenters. The van der Waals surface area contributed by atoms with Crippen molar-refractivity contribution in [2.45, 2.75) is 18.4 Å². The summed E-state index contributed by atoms with van der Waals surface area (Å²) in [5.74, 6) is -0.642. The number of nitro groups is 1. The molecule has 0 saturated carbocycles. The molecule has 122 valence electrons. The van der Waals surface area contributed by atoms with Crippen LogP contribution in [-0.4, -0.2) is 41.7 Å². The molecular formula is C13H18ClN3O5. The second-order valence-corrected chi connectivity index (χ2v) is 4.86. The van der Waals surface area contributed by atoms with Gasteiger partial charge in [0.1, 0.15) is 11.4 Å². The summed E-state index contributed by atoms with van der Waals surface area (Å²) in [6.45, 7) is 1.28. The number of phenols is 1. The van der Waals surface area contributed by atoms with Crippen LogP contribution >= 0.6 is 12.4 Å². The lowest BCUT2D eigenvalue weighted by atomic mass is 9.91. The van der Waals surface area contributed by atoms with E-state index in [0.29, 0.717) is 25.9 Å². The predicted octanol–water partition coefficient (Wildman–Crippen LogP) is 1.43. The van der Waals surface area contributed by atoms with Gasteiger partial charge in [0.25, 0.3) is 11.6 Å². The molecule has 1 heterocycles. The minimum atomic E-state index is -0.984. The summed E-state index contributed by atoms with van der Waals surface area (Å²) in [7, 11) is 1.46. The highest BCUT2D eigenvalue weighted by atomic mass is 35.5. The number of methoxy groups -OCH3 is 1. The largest absolute Gasteiger partial charge is 0.506 e. The molecule has 1 saturated heterocycles. The first-order valence-corrected chi connectivity index (χ1v) is 6.53. The molecule has 1 amide bonds. The maximum absolute atomic E-state index is 12.4. The summed E-state index contributed by atoms with van der Waals surface area (Å²) in [4.78, 5) is 22.6. The molecule has 0 radical (unpaired) electrons. The van der Waals surface area contributed by atoms with Gasteiger partial charge in [-0.05, 0) is 32.0 Å². The Morgan fingerprint density at radius 1 is 1.45 bits per heavy atom. The number of ether oxygens (including phenoxy) is 1. The smallest absolute Gasteiger partial charge is 0.271 e. The normalized spacial score (nSPS) is 16.4. The maximum atomic E-state index is 12.4. The minimum Gasteiger partial charge on any atom is -0.506 e. The summed E-state index contributed by atoms with van der Waals surface area (Å²) >= 11 is 0. The second-order valence-electron chi connectivity index (χ2n) is 4.86. The van der Waals surface area contributed by atoms with Gasteiger partial charge in [-0.3, -0.25) is 14.9 Å². The van der Waals surface area contributed by atoms with E-state index < -0.39 is 16.4 Å². The number of carbonyl (C=O) groups is 1. The first kappa shape index (κ1) is 18.1. The molecular weight excluding hydrogens is 314 g/mol. The van der Waals surface area contributed by atoms with E-state index in [-0.39, 0.29) is 29.5 Å². The van der Waals surface area contributed by atoms with Crippen LogP contribution < -0.4 is 10.6 Å². The molecule has 0 atom stereocenters. The van der Waals surface area contributed by atoms with Gasteiger partial charge in [0.05, 0.1) is 10.6 Å². The van der Waals surface area contributed by atoms with Crippen molar-refractivity contribution in [3.8, 4) is 5.75 Å². The van der Waals surface area contributed by atoms with Crippen LogP contribution in [0.15, 0.2) is 18.2 Å². The van der Waals surface area contributed by atoms with E-state index in [1.54, 1.807) is 0 Å². The predicted molar refractivity (Wildman–Crippen MR) is 82.5 cm³/mol. The topological polar surface area (TPSA) is 114 Å². The van der Waals surface area contributed by atoms with Gasteiger partial charge >= 0.3 is 0 Å². The number of halogens is 1. The first-order valence-electron chi connectivity index (χ1n) is 6.53. The number of benzene rings is 1. The fourth-order valence-electron chi connectivity index (χ4n) is 2.33. The van der Waals surface area contributed by atoms with Crippen molar-refractivity contribution in [3.05, 3.63) is 28.3 Å². The molecule has 2 rings (SSSR count). The first-order chi connectivity index (χ1) is 9.98. The third-order valence-corrected chi connectivity index (χ3v) is 3.65. The summed E-state index contributed by atoms with van der Waals surface area (Å²) in [6, 6.07) is 3.47. The lowest BCUT2D eigenvalue weighted by molar-refractivity contribution is -0.384. The van der Waals surface area contributed by atoms with Crippen LogP contribution in [0.2, 0.25) is 0 Å². The van der Waals surface area contributed by atoms with Crippen molar-refractivity contribution >= 4 is 29.7 Å². The Morgan fingerprint density at radius 3 is 2.64 bits per heavy atom. The van der Waals surface area contributed by atoms with E-state index in [1.807, 2.05) is 0 Å². The van der Waals surface area contributed by atoms with Crippen LogP contribution in [0, 0.1) is 10.1 Å². The van der Waals surface area contributed by atoms with Crippen LogP contribution in [0.1, 0.15) is 12.8 Å². The third kappa shape index (κ3) is 3.65. The quantitative estimate of drug-likeness (QED) is 0.437. The summed E-state index contributed by atoms with van der Waals surface area (Å²) < 4.78 is 5.36. The zero-order valence-corrected chi connectivity index (χ0v) is 12.8. The number of nitrogens with zero attached hydrogens (tertiary/aromatic N) is 1. The zero-order valence-electron chi connectivity index (χ0n) is 12.0. The molecule has 0 aromatic heterocycles. The Balaban J connectivity index is 0.00000242. The molecule has 1 aliphatic heterocycles. The number of nitro benzene ring substituents is 1. The Hall–Kier alpha value is -1.90. The standard InChI is InChI=1S/C13H17N3O5.ClH/c1-21-13(4-6-14-7-5-13)12(18)15-10-8-9(16(19)20)2-3-11(10)17;/h2-3,8,14,17H,4-7H2,1H3,(H,15,18);1H. The average molecular weight is 332 g/mol. The van der Waals surface area contributed by atoms with Gasteiger partial charge in [-0.25, -0.2) is 0 Å². The van der Waals surface area contributed by atoms with Crippen molar-refractivity contribution in [1.82, 2.24) is 5.32 Å². The number of non-ortho nitro benzene ring substituents is 1. The van der Waals surface area contributed by atoms with Gasteiger partial charge in [0, 0.05) is 19.2 Å². The fourth-order valence-corrected chi connectivity index (χ4v) is 2.33. The number of piperidine rings is 1. The molecule has 0 spiro atoms. The van der Waals surface area contributed by atoms with Crippen molar-refractivity contribution in [3.63, 3.8) is 0 Å². The molecule has 1 aromatic carbocycles. The number of nitrogens with one attached hydrogen (secondary N) is 2. The third-order valence-electron chi connectivity index (χ3n) is 3.65. The number of amides is 1. The molecule has 3 N–H and O–H groups in total. The van der Waals surface area contributed by atoms with E-state index in [0.717, 1.165) is 6.07 Å². The average Bonchev–Trinajstić information content (AvgIpc) is 2.49. The number of carbonyl (C=O) groups excluding carboxylic acids is 1.